The van der Waals surface area contributed by atoms with Gasteiger partial charge in [0.15, 0.2) is 0 Å². The highest BCUT2D eigenvalue weighted by Gasteiger charge is 2.29. The topological polar surface area (TPSA) is 41.1 Å². The van der Waals surface area contributed by atoms with Crippen LogP contribution in [-0.2, 0) is 4.79 Å². The molecule has 0 radical (unpaired) electrons. The molecule has 1 aliphatic rings. The van der Waals surface area contributed by atoms with E-state index in [4.69, 9.17) is 0 Å². The minimum Gasteiger partial charge on any atom is -0.355 e. The minimum atomic E-state index is -0.554. The number of hydrogen-bond donors (Lipinski definition) is 2. The van der Waals surface area contributed by atoms with Crippen LogP contribution in [0.2, 0.25) is 0 Å². The number of amides is 1. The van der Waals surface area contributed by atoms with Crippen molar-refractivity contribution in [1.82, 2.24) is 10.6 Å². The lowest BCUT2D eigenvalue weighted by Gasteiger charge is -2.16. The van der Waals surface area contributed by atoms with Gasteiger partial charge in [0.2, 0.25) is 5.91 Å². The highest BCUT2D eigenvalue weighted by molar-refractivity contribution is 5.80. The van der Waals surface area contributed by atoms with Gasteiger partial charge in [-0.1, -0.05) is 6.07 Å². The monoisotopic (exact) mass is 268 g/mol. The maximum Gasteiger partial charge on any atom is 0.223 e. The van der Waals surface area contributed by atoms with Gasteiger partial charge >= 0.3 is 0 Å². The molecule has 0 aromatic heterocycles. The summed E-state index contributed by atoms with van der Waals surface area (Å²) < 4.78 is 27.0. The summed E-state index contributed by atoms with van der Waals surface area (Å²) in [6, 6.07) is 3.40. The number of benzene rings is 1. The number of nitrogens with one attached hydrogen (secondary N) is 2. The quantitative estimate of drug-likeness (QED) is 0.776. The van der Waals surface area contributed by atoms with E-state index < -0.39 is 17.7 Å². The molecule has 2 N–H and O–H groups in total. The standard InChI is InChI=1S/C14H18F2N2O/c1-9(13-11(15)3-2-4-12(13)16)17-7-8-18-14(19)10-5-6-10/h2-4,9-10,17H,5-8H2,1H3,(H,18,19). The van der Waals surface area contributed by atoms with Crippen LogP contribution in [0.3, 0.4) is 0 Å². The Balaban J connectivity index is 1.77. The predicted molar refractivity (Wildman–Crippen MR) is 68.5 cm³/mol. The molecule has 1 aliphatic carbocycles. The van der Waals surface area contributed by atoms with Crippen molar-refractivity contribution in [3.8, 4) is 0 Å². The van der Waals surface area contributed by atoms with E-state index in [1.54, 1.807) is 6.92 Å². The van der Waals surface area contributed by atoms with Gasteiger partial charge in [0.05, 0.1) is 0 Å². The van der Waals surface area contributed by atoms with Crippen LogP contribution in [0.5, 0.6) is 0 Å². The first kappa shape index (κ1) is 13.9. The maximum absolute atomic E-state index is 13.5. The zero-order chi connectivity index (χ0) is 13.8. The van der Waals surface area contributed by atoms with Crippen molar-refractivity contribution in [3.05, 3.63) is 35.4 Å². The van der Waals surface area contributed by atoms with Crippen LogP contribution in [0.15, 0.2) is 18.2 Å². The summed E-state index contributed by atoms with van der Waals surface area (Å²) in [5.41, 5.74) is 0.0380. The Kier molecular flexibility index (Phi) is 4.47. The largest absolute Gasteiger partial charge is 0.355 e. The van der Waals surface area contributed by atoms with E-state index in [0.717, 1.165) is 12.8 Å². The molecule has 0 spiro atoms. The second-order valence-corrected chi connectivity index (χ2v) is 4.88. The molecule has 1 saturated carbocycles. The van der Waals surface area contributed by atoms with Gasteiger partial charge in [-0.3, -0.25) is 4.79 Å². The van der Waals surface area contributed by atoms with Crippen molar-refractivity contribution >= 4 is 5.91 Å². The Morgan fingerprint density at radius 1 is 1.32 bits per heavy atom. The molecule has 1 atom stereocenters. The minimum absolute atomic E-state index is 0.0380. The van der Waals surface area contributed by atoms with E-state index in [2.05, 4.69) is 10.6 Å². The molecule has 0 heterocycles. The fraction of sp³-hybridized carbons (Fsp3) is 0.500. The van der Waals surface area contributed by atoms with Crippen molar-refractivity contribution in [3.63, 3.8) is 0 Å². The molecule has 0 aliphatic heterocycles. The van der Waals surface area contributed by atoms with Gasteiger partial charge in [0.1, 0.15) is 11.6 Å². The van der Waals surface area contributed by atoms with Crippen LogP contribution in [0.1, 0.15) is 31.4 Å². The van der Waals surface area contributed by atoms with Gasteiger partial charge in [-0.25, -0.2) is 8.78 Å². The Morgan fingerprint density at radius 2 is 1.95 bits per heavy atom. The molecule has 1 aromatic carbocycles. The SMILES string of the molecule is CC(NCCNC(=O)C1CC1)c1c(F)cccc1F. The lowest BCUT2D eigenvalue weighted by Crippen LogP contribution is -2.34. The van der Waals surface area contributed by atoms with Crippen LogP contribution in [-0.4, -0.2) is 19.0 Å². The van der Waals surface area contributed by atoms with Gasteiger partial charge in [-0.05, 0) is 31.9 Å². The third kappa shape index (κ3) is 3.73. The summed E-state index contributed by atoms with van der Waals surface area (Å²) in [6.07, 6.45) is 1.94. The van der Waals surface area contributed by atoms with Gasteiger partial charge < -0.3 is 10.6 Å². The van der Waals surface area contributed by atoms with Crippen LogP contribution < -0.4 is 10.6 Å². The maximum atomic E-state index is 13.5. The Labute approximate surface area is 111 Å². The highest BCUT2D eigenvalue weighted by atomic mass is 19.1. The van der Waals surface area contributed by atoms with E-state index in [-0.39, 0.29) is 17.4 Å². The third-order valence-corrected chi connectivity index (χ3v) is 3.26. The first-order chi connectivity index (χ1) is 9.09. The van der Waals surface area contributed by atoms with E-state index in [9.17, 15) is 13.6 Å². The molecule has 5 heteroatoms. The Bertz CT molecular complexity index is 441. The molecule has 104 valence electrons. The lowest BCUT2D eigenvalue weighted by atomic mass is 10.1. The molecule has 0 bridgehead atoms. The smallest absolute Gasteiger partial charge is 0.223 e. The molecule has 19 heavy (non-hydrogen) atoms. The Hall–Kier alpha value is -1.49. The lowest BCUT2D eigenvalue weighted by molar-refractivity contribution is -0.122. The van der Waals surface area contributed by atoms with Gasteiger partial charge in [-0.15, -0.1) is 0 Å². The summed E-state index contributed by atoms with van der Waals surface area (Å²) >= 11 is 0. The molecular formula is C14H18F2N2O. The molecule has 0 saturated heterocycles. The molecule has 2 rings (SSSR count). The van der Waals surface area contributed by atoms with E-state index in [1.807, 2.05) is 0 Å². The van der Waals surface area contributed by atoms with Crippen LogP contribution >= 0.6 is 0 Å². The molecule has 1 fully saturated rings. The van der Waals surface area contributed by atoms with Crippen LogP contribution in [0.4, 0.5) is 8.78 Å². The summed E-state index contributed by atoms with van der Waals surface area (Å²) in [4.78, 5) is 11.4. The van der Waals surface area contributed by atoms with E-state index in [0.29, 0.717) is 13.1 Å². The summed E-state index contributed by atoms with van der Waals surface area (Å²) in [6.45, 7) is 2.65. The van der Waals surface area contributed by atoms with E-state index in [1.165, 1.54) is 18.2 Å². The van der Waals surface area contributed by atoms with Crippen molar-refractivity contribution in [1.29, 1.82) is 0 Å². The second-order valence-electron chi connectivity index (χ2n) is 4.88. The van der Waals surface area contributed by atoms with Gasteiger partial charge in [-0.2, -0.15) is 0 Å². The zero-order valence-corrected chi connectivity index (χ0v) is 10.9. The number of carbonyl (C=O) groups excluding carboxylic acids is 1. The van der Waals surface area contributed by atoms with E-state index >= 15 is 0 Å². The zero-order valence-electron chi connectivity index (χ0n) is 10.9. The first-order valence-corrected chi connectivity index (χ1v) is 6.54. The summed E-state index contributed by atoms with van der Waals surface area (Å²) in [5, 5.41) is 5.79. The van der Waals surface area contributed by atoms with Crippen molar-refractivity contribution < 1.29 is 13.6 Å². The van der Waals surface area contributed by atoms with Crippen LogP contribution in [0.25, 0.3) is 0 Å². The molecule has 3 nitrogen and oxygen atoms in total. The van der Waals surface area contributed by atoms with Gasteiger partial charge in [0.25, 0.3) is 0 Å². The average molecular weight is 268 g/mol. The highest BCUT2D eigenvalue weighted by Crippen LogP contribution is 2.28. The number of hydrogen-bond acceptors (Lipinski definition) is 2. The summed E-state index contributed by atoms with van der Waals surface area (Å²) in [7, 11) is 0. The Morgan fingerprint density at radius 3 is 2.53 bits per heavy atom. The molecule has 1 aromatic rings. The molecule has 1 unspecified atom stereocenters. The van der Waals surface area contributed by atoms with Crippen molar-refractivity contribution in [2.24, 2.45) is 5.92 Å². The van der Waals surface area contributed by atoms with Crippen molar-refractivity contribution in [2.45, 2.75) is 25.8 Å². The molecular weight excluding hydrogens is 250 g/mol. The molecule has 1 amide bonds. The second kappa shape index (κ2) is 6.10. The third-order valence-electron chi connectivity index (χ3n) is 3.26. The number of halogens is 2. The number of carbonyl (C=O) groups is 1. The fourth-order valence-electron chi connectivity index (χ4n) is 1.99. The fourth-order valence-corrected chi connectivity index (χ4v) is 1.99. The predicted octanol–water partition coefficient (Wildman–Crippen LogP) is 2.14. The average Bonchev–Trinajstić information content (AvgIpc) is 3.18. The van der Waals surface area contributed by atoms with Crippen LogP contribution in [0, 0.1) is 17.6 Å². The first-order valence-electron chi connectivity index (χ1n) is 6.54. The number of rotatable bonds is 6. The van der Waals surface area contributed by atoms with Gasteiger partial charge in [0, 0.05) is 30.6 Å². The normalized spacial score (nSPS) is 16.2. The van der Waals surface area contributed by atoms with Crippen molar-refractivity contribution in [2.75, 3.05) is 13.1 Å². The summed E-state index contributed by atoms with van der Waals surface area (Å²) in [5.74, 6) is -0.850.